The number of nitrogens with two attached hydrogens (primary N) is 1. The molecule has 0 aliphatic heterocycles. The van der Waals surface area contributed by atoms with Crippen LogP contribution >= 0.6 is 22.6 Å². The van der Waals surface area contributed by atoms with Gasteiger partial charge in [0.05, 0.1) is 15.6 Å². The molecule has 7 heteroatoms. The Morgan fingerprint density at radius 1 is 1.60 bits per heavy atom. The van der Waals surface area contributed by atoms with Crippen LogP contribution in [-0.2, 0) is 0 Å². The van der Waals surface area contributed by atoms with E-state index in [4.69, 9.17) is 10.5 Å². The van der Waals surface area contributed by atoms with E-state index in [2.05, 4.69) is 0 Å². The maximum atomic E-state index is 10.9. The average molecular weight is 322 g/mol. The number of primary amides is 1. The summed E-state index contributed by atoms with van der Waals surface area (Å²) in [5.74, 6) is -0.623. The van der Waals surface area contributed by atoms with E-state index in [1.165, 1.54) is 19.2 Å². The molecule has 1 rings (SSSR count). The smallest absolute Gasteiger partial charge is 0.324 e. The normalized spacial score (nSPS) is 9.73. The molecular formula is C8H7IN2O4. The molecule has 0 fully saturated rings. The molecule has 2 N–H and O–H groups in total. The van der Waals surface area contributed by atoms with Crippen molar-refractivity contribution in [3.8, 4) is 5.75 Å². The second kappa shape index (κ2) is 4.43. The van der Waals surface area contributed by atoms with E-state index in [9.17, 15) is 14.9 Å². The third-order valence-corrected chi connectivity index (χ3v) is 2.54. The van der Waals surface area contributed by atoms with Gasteiger partial charge < -0.3 is 10.5 Å². The Bertz CT molecular complexity index is 433. The van der Waals surface area contributed by atoms with E-state index in [1.807, 2.05) is 0 Å². The van der Waals surface area contributed by atoms with Crippen LogP contribution in [0, 0.1) is 13.7 Å². The molecule has 0 saturated carbocycles. The number of nitrogens with zero attached hydrogens (tertiary/aromatic N) is 1. The van der Waals surface area contributed by atoms with E-state index in [0.717, 1.165) is 0 Å². The molecule has 0 radical (unpaired) electrons. The molecule has 0 aromatic heterocycles. The maximum absolute atomic E-state index is 10.9. The SMILES string of the molecule is COc1cc(C(N)=O)cc(I)c1[N+](=O)[O-]. The van der Waals surface area contributed by atoms with Gasteiger partial charge in [0.25, 0.3) is 0 Å². The molecule has 0 heterocycles. The fraction of sp³-hybridized carbons (Fsp3) is 0.125. The number of carbonyl (C=O) groups excluding carboxylic acids is 1. The van der Waals surface area contributed by atoms with E-state index >= 15 is 0 Å². The third kappa shape index (κ3) is 2.35. The highest BCUT2D eigenvalue weighted by Gasteiger charge is 2.21. The van der Waals surface area contributed by atoms with Crippen LogP contribution in [0.5, 0.6) is 5.75 Å². The van der Waals surface area contributed by atoms with Crippen molar-refractivity contribution in [3.63, 3.8) is 0 Å². The number of halogens is 1. The van der Waals surface area contributed by atoms with Gasteiger partial charge in [-0.15, -0.1) is 0 Å². The molecule has 0 atom stereocenters. The first-order chi connectivity index (χ1) is 6.97. The van der Waals surface area contributed by atoms with Crippen LogP contribution in [0.25, 0.3) is 0 Å². The van der Waals surface area contributed by atoms with Crippen LogP contribution in [0.2, 0.25) is 0 Å². The largest absolute Gasteiger partial charge is 0.490 e. The van der Waals surface area contributed by atoms with Gasteiger partial charge in [-0.1, -0.05) is 0 Å². The number of nitro groups is 1. The zero-order chi connectivity index (χ0) is 11.6. The fourth-order valence-corrected chi connectivity index (χ4v) is 1.85. The Morgan fingerprint density at radius 3 is 2.60 bits per heavy atom. The predicted octanol–water partition coefficient (Wildman–Crippen LogP) is 1.31. The molecule has 80 valence electrons. The van der Waals surface area contributed by atoms with Gasteiger partial charge in [0, 0.05) is 11.6 Å². The lowest BCUT2D eigenvalue weighted by Crippen LogP contribution is -2.12. The van der Waals surface area contributed by atoms with Crippen molar-refractivity contribution in [2.75, 3.05) is 7.11 Å². The van der Waals surface area contributed by atoms with Crippen molar-refractivity contribution in [2.24, 2.45) is 5.73 Å². The van der Waals surface area contributed by atoms with Crippen molar-refractivity contribution < 1.29 is 14.5 Å². The monoisotopic (exact) mass is 322 g/mol. The quantitative estimate of drug-likeness (QED) is 0.515. The van der Waals surface area contributed by atoms with Gasteiger partial charge in [0.15, 0.2) is 5.75 Å². The Balaban J connectivity index is 3.43. The summed E-state index contributed by atoms with van der Waals surface area (Å²) in [5, 5.41) is 10.7. The van der Waals surface area contributed by atoms with Gasteiger partial charge in [0.1, 0.15) is 0 Å². The zero-order valence-corrected chi connectivity index (χ0v) is 9.85. The standard InChI is InChI=1S/C8H7IN2O4/c1-15-6-3-4(8(10)12)2-5(9)7(6)11(13)14/h2-3H,1H3,(H2,10,12). The number of amides is 1. The van der Waals surface area contributed by atoms with Crippen LogP contribution in [0.15, 0.2) is 12.1 Å². The summed E-state index contributed by atoms with van der Waals surface area (Å²) in [6.07, 6.45) is 0. The minimum absolute atomic E-state index is 0.0284. The van der Waals surface area contributed by atoms with E-state index in [0.29, 0.717) is 3.57 Å². The molecule has 0 bridgehead atoms. The minimum Gasteiger partial charge on any atom is -0.490 e. The highest BCUT2D eigenvalue weighted by Crippen LogP contribution is 2.33. The lowest BCUT2D eigenvalue weighted by molar-refractivity contribution is -0.386. The van der Waals surface area contributed by atoms with Crippen molar-refractivity contribution in [1.29, 1.82) is 0 Å². The molecule has 15 heavy (non-hydrogen) atoms. The predicted molar refractivity (Wildman–Crippen MR) is 60.9 cm³/mol. The number of benzene rings is 1. The average Bonchev–Trinajstić information content (AvgIpc) is 2.15. The first-order valence-corrected chi connectivity index (χ1v) is 4.87. The first kappa shape index (κ1) is 11.7. The Morgan fingerprint density at radius 2 is 2.20 bits per heavy atom. The molecule has 1 aromatic carbocycles. The zero-order valence-electron chi connectivity index (χ0n) is 7.69. The van der Waals surface area contributed by atoms with E-state index in [-0.39, 0.29) is 17.0 Å². The summed E-state index contributed by atoms with van der Waals surface area (Å²) in [6, 6.07) is 2.60. The van der Waals surface area contributed by atoms with Crippen LogP contribution in [-0.4, -0.2) is 17.9 Å². The van der Waals surface area contributed by atoms with Gasteiger partial charge in [-0.2, -0.15) is 0 Å². The lowest BCUT2D eigenvalue weighted by Gasteiger charge is -2.05. The van der Waals surface area contributed by atoms with E-state index < -0.39 is 10.8 Å². The summed E-state index contributed by atoms with van der Waals surface area (Å²) < 4.78 is 5.13. The molecule has 0 saturated heterocycles. The fourth-order valence-electron chi connectivity index (χ4n) is 1.05. The van der Waals surface area contributed by atoms with E-state index in [1.54, 1.807) is 22.6 Å². The molecule has 6 nitrogen and oxygen atoms in total. The topological polar surface area (TPSA) is 95.5 Å². The van der Waals surface area contributed by atoms with Crippen LogP contribution in [0.3, 0.4) is 0 Å². The molecule has 0 aliphatic rings. The van der Waals surface area contributed by atoms with Crippen molar-refractivity contribution >= 4 is 34.2 Å². The summed E-state index contributed by atoms with van der Waals surface area (Å²) in [5.41, 5.74) is 5.08. The lowest BCUT2D eigenvalue weighted by atomic mass is 10.2. The molecule has 0 aliphatic carbocycles. The van der Waals surface area contributed by atoms with Crippen LogP contribution in [0.4, 0.5) is 5.69 Å². The number of ether oxygens (including phenoxy) is 1. The van der Waals surface area contributed by atoms with Gasteiger partial charge in [-0.3, -0.25) is 14.9 Å². The highest BCUT2D eigenvalue weighted by atomic mass is 127. The van der Waals surface area contributed by atoms with Gasteiger partial charge in [-0.25, -0.2) is 0 Å². The minimum atomic E-state index is -0.652. The van der Waals surface area contributed by atoms with Gasteiger partial charge in [-0.05, 0) is 28.7 Å². The summed E-state index contributed by atoms with van der Waals surface area (Å²) in [4.78, 5) is 21.0. The number of nitro benzene ring substituents is 1. The van der Waals surface area contributed by atoms with Gasteiger partial charge >= 0.3 is 5.69 Å². The molecule has 1 aromatic rings. The number of rotatable bonds is 3. The Hall–Kier alpha value is -1.38. The van der Waals surface area contributed by atoms with Crippen LogP contribution < -0.4 is 10.5 Å². The molecule has 0 unspecified atom stereocenters. The summed E-state index contributed by atoms with van der Waals surface area (Å²) in [6.45, 7) is 0. The number of carbonyl (C=O) groups is 1. The summed E-state index contributed by atoms with van der Waals surface area (Å²) >= 11 is 1.75. The second-order valence-electron chi connectivity index (χ2n) is 2.63. The maximum Gasteiger partial charge on any atom is 0.324 e. The van der Waals surface area contributed by atoms with Gasteiger partial charge in [0.2, 0.25) is 5.91 Å². The van der Waals surface area contributed by atoms with Crippen molar-refractivity contribution in [1.82, 2.24) is 0 Å². The highest BCUT2D eigenvalue weighted by molar-refractivity contribution is 14.1. The Kier molecular flexibility index (Phi) is 3.45. The Labute approximate surface area is 98.7 Å². The molecule has 1 amide bonds. The molecule has 0 spiro atoms. The van der Waals surface area contributed by atoms with Crippen LogP contribution in [0.1, 0.15) is 10.4 Å². The summed E-state index contributed by atoms with van der Waals surface area (Å²) in [7, 11) is 1.29. The van der Waals surface area contributed by atoms with Crippen molar-refractivity contribution in [2.45, 2.75) is 0 Å². The second-order valence-corrected chi connectivity index (χ2v) is 3.79. The number of hydrogen-bond donors (Lipinski definition) is 1. The third-order valence-electron chi connectivity index (χ3n) is 1.72. The molecular weight excluding hydrogens is 315 g/mol. The first-order valence-electron chi connectivity index (χ1n) is 3.79. The number of methoxy groups -OCH3 is 1. The van der Waals surface area contributed by atoms with Crippen molar-refractivity contribution in [3.05, 3.63) is 31.4 Å². The number of hydrogen-bond acceptors (Lipinski definition) is 4.